The minimum absolute atomic E-state index is 0.0335. The van der Waals surface area contributed by atoms with Gasteiger partial charge in [-0.1, -0.05) is 29.8 Å². The van der Waals surface area contributed by atoms with Crippen LogP contribution in [0, 0.1) is 6.92 Å². The van der Waals surface area contributed by atoms with Crippen LogP contribution in [0.2, 0.25) is 0 Å². The molecule has 234 valence electrons. The number of ether oxygens (including phenoxy) is 2. The van der Waals surface area contributed by atoms with Crippen molar-refractivity contribution >= 4 is 44.9 Å². The molecule has 6 N–H and O–H groups in total. The molecule has 0 fully saturated rings. The number of esters is 2. The number of hydrogen-bond acceptors (Lipinski definition) is 10. The van der Waals surface area contributed by atoms with Gasteiger partial charge in [-0.3, -0.25) is 23.9 Å². The molecular weight excluding hydrogens is 594 g/mol. The lowest BCUT2D eigenvalue weighted by Crippen LogP contribution is -2.41. The molecule has 2 heterocycles. The van der Waals surface area contributed by atoms with Gasteiger partial charge in [-0.05, 0) is 61.6 Å². The average Bonchev–Trinajstić information content (AvgIpc) is 3.40. The fourth-order valence-corrected chi connectivity index (χ4v) is 4.61. The minimum atomic E-state index is -4.02. The number of benzene rings is 2. The Labute approximate surface area is 252 Å². The number of aromatic nitrogens is 3. The highest BCUT2D eigenvalue weighted by Crippen LogP contribution is 2.16. The first-order chi connectivity index (χ1) is 20.8. The summed E-state index contributed by atoms with van der Waals surface area (Å²) in [6.45, 7) is 1.84. The van der Waals surface area contributed by atoms with Crippen LogP contribution < -0.4 is 16.6 Å². The normalized spacial score (nSPS) is 11.6. The maximum atomic E-state index is 12.6. The summed E-state index contributed by atoms with van der Waals surface area (Å²) in [6, 6.07) is 11.9. The van der Waals surface area contributed by atoms with E-state index in [1.54, 1.807) is 42.6 Å². The molecule has 0 saturated heterocycles. The monoisotopic (exact) mass is 627 g/mol. The van der Waals surface area contributed by atoms with E-state index in [0.29, 0.717) is 29.4 Å². The molecule has 0 saturated carbocycles. The van der Waals surface area contributed by atoms with Crippen molar-refractivity contribution in [2.24, 2.45) is 0 Å². The van der Waals surface area contributed by atoms with E-state index in [9.17, 15) is 27.6 Å². The van der Waals surface area contributed by atoms with Crippen molar-refractivity contribution in [3.8, 4) is 0 Å². The lowest BCUT2D eigenvalue weighted by atomic mass is 10.0. The van der Waals surface area contributed by atoms with E-state index in [0.717, 1.165) is 16.7 Å². The number of nitrogen functional groups attached to an aromatic ring is 1. The number of aryl methyl sites for hydroxylation is 3. The predicted octanol–water partition coefficient (Wildman–Crippen LogP) is 2.08. The van der Waals surface area contributed by atoms with Crippen molar-refractivity contribution in [2.75, 3.05) is 20.0 Å². The number of carbonyl (C=O) groups is 3. The SMILES string of the molecule is COC(=O)CCC(NC(=O)c1ccc(CCc2c[nH]c3nc(N)[nH]c(=O)c23)cc1)C(=O)OC.Cc1ccc(S(=O)(=O)O)cc1. The molecule has 4 aromatic rings. The van der Waals surface area contributed by atoms with E-state index in [2.05, 4.69) is 25.0 Å². The summed E-state index contributed by atoms with van der Waals surface area (Å²) in [6.07, 6.45) is 2.97. The third-order valence-corrected chi connectivity index (χ3v) is 7.38. The zero-order valence-electron chi connectivity index (χ0n) is 24.2. The maximum absolute atomic E-state index is 12.6. The van der Waals surface area contributed by atoms with Gasteiger partial charge in [0, 0.05) is 18.2 Å². The van der Waals surface area contributed by atoms with Crippen LogP contribution in [0.5, 0.6) is 0 Å². The van der Waals surface area contributed by atoms with Crippen LogP contribution >= 0.6 is 0 Å². The smallest absolute Gasteiger partial charge is 0.328 e. The van der Waals surface area contributed by atoms with Crippen LogP contribution in [0.25, 0.3) is 11.0 Å². The molecule has 14 nitrogen and oxygen atoms in total. The molecule has 0 aliphatic rings. The highest BCUT2D eigenvalue weighted by atomic mass is 32.2. The van der Waals surface area contributed by atoms with Gasteiger partial charge in [0.05, 0.1) is 24.5 Å². The van der Waals surface area contributed by atoms with Crippen LogP contribution in [0.15, 0.2) is 64.4 Å². The van der Waals surface area contributed by atoms with Crippen molar-refractivity contribution in [1.82, 2.24) is 20.3 Å². The highest BCUT2D eigenvalue weighted by molar-refractivity contribution is 7.85. The van der Waals surface area contributed by atoms with Crippen molar-refractivity contribution in [1.29, 1.82) is 0 Å². The molecular formula is C29H33N5O9S. The number of aromatic amines is 2. The van der Waals surface area contributed by atoms with Crippen LogP contribution in [-0.2, 0) is 42.0 Å². The number of nitrogens with zero attached hydrogens (tertiary/aromatic N) is 1. The van der Waals surface area contributed by atoms with Gasteiger partial charge in [-0.2, -0.15) is 13.4 Å². The van der Waals surface area contributed by atoms with Gasteiger partial charge in [0.15, 0.2) is 0 Å². The number of nitrogens with one attached hydrogen (secondary N) is 3. The van der Waals surface area contributed by atoms with Gasteiger partial charge < -0.3 is 25.5 Å². The Bertz CT molecular complexity index is 1780. The molecule has 2 aromatic carbocycles. The molecule has 1 unspecified atom stereocenters. The van der Waals surface area contributed by atoms with E-state index in [1.807, 2.05) is 6.92 Å². The Morgan fingerprint density at radius 2 is 1.68 bits per heavy atom. The molecule has 0 spiro atoms. The summed E-state index contributed by atoms with van der Waals surface area (Å²) < 4.78 is 38.8. The van der Waals surface area contributed by atoms with Crippen molar-refractivity contribution < 1.29 is 36.8 Å². The Kier molecular flexibility index (Phi) is 11.4. The first-order valence-electron chi connectivity index (χ1n) is 13.3. The summed E-state index contributed by atoms with van der Waals surface area (Å²) in [5, 5.41) is 3.06. The number of carbonyl (C=O) groups excluding carboxylic acids is 3. The second kappa shape index (κ2) is 14.9. The number of methoxy groups -OCH3 is 2. The number of nitrogens with two attached hydrogens (primary N) is 1. The largest absolute Gasteiger partial charge is 0.469 e. The van der Waals surface area contributed by atoms with Gasteiger partial charge >= 0.3 is 11.9 Å². The van der Waals surface area contributed by atoms with E-state index in [1.165, 1.54) is 26.4 Å². The molecule has 0 aliphatic heterocycles. The number of rotatable bonds is 10. The molecule has 15 heteroatoms. The van der Waals surface area contributed by atoms with Gasteiger partial charge in [-0.25, -0.2) is 4.79 Å². The molecule has 4 rings (SSSR count). The fourth-order valence-electron chi connectivity index (χ4n) is 4.13. The topological polar surface area (TPSA) is 224 Å². The van der Waals surface area contributed by atoms with Crippen LogP contribution in [-0.4, -0.2) is 66.0 Å². The van der Waals surface area contributed by atoms with Gasteiger partial charge in [0.25, 0.3) is 21.6 Å². The Hall–Kier alpha value is -5.02. The second-order valence-electron chi connectivity index (χ2n) is 9.64. The summed E-state index contributed by atoms with van der Waals surface area (Å²) >= 11 is 0. The van der Waals surface area contributed by atoms with E-state index >= 15 is 0 Å². The summed E-state index contributed by atoms with van der Waals surface area (Å²) in [7, 11) is -1.56. The molecule has 2 aromatic heterocycles. The minimum Gasteiger partial charge on any atom is -0.469 e. The molecule has 1 amide bonds. The summed E-state index contributed by atoms with van der Waals surface area (Å²) in [5.74, 6) is -1.55. The number of hydrogen-bond donors (Lipinski definition) is 5. The van der Waals surface area contributed by atoms with Gasteiger partial charge in [0.1, 0.15) is 11.7 Å². The molecule has 1 atom stereocenters. The predicted molar refractivity (Wildman–Crippen MR) is 160 cm³/mol. The van der Waals surface area contributed by atoms with E-state index in [4.69, 9.17) is 15.0 Å². The average molecular weight is 628 g/mol. The quantitative estimate of drug-likeness (QED) is 0.126. The fraction of sp³-hybridized carbons (Fsp3) is 0.276. The first-order valence-corrected chi connectivity index (χ1v) is 14.7. The van der Waals surface area contributed by atoms with Crippen molar-refractivity contribution in [2.45, 2.75) is 43.5 Å². The molecule has 0 aliphatic carbocycles. The first kappa shape index (κ1) is 33.5. The number of fused-ring (bicyclic) bond motifs is 1. The summed E-state index contributed by atoms with van der Waals surface area (Å²) in [4.78, 5) is 57.5. The molecule has 44 heavy (non-hydrogen) atoms. The van der Waals surface area contributed by atoms with Crippen LogP contribution in [0.3, 0.4) is 0 Å². The van der Waals surface area contributed by atoms with Crippen LogP contribution in [0.1, 0.15) is 39.9 Å². The number of H-pyrrole nitrogens is 2. The standard InChI is InChI=1S/C22H25N5O6.C7H8O3S/c1-32-16(28)10-9-15(21(31)33-2)25-19(29)13-6-3-12(4-7-13)5-8-14-11-24-18-17(14)20(30)27-22(23)26-18;1-6-2-4-7(5-3-6)11(8,9)10/h3-4,6-7,11,15H,5,8-10H2,1-2H3,(H,25,29)(H4,23,24,26,27,30);2-5H,1H3,(H,8,9,10). The number of amides is 1. The Balaban J connectivity index is 0.000000404. The zero-order chi connectivity index (χ0) is 32.4. The van der Waals surface area contributed by atoms with E-state index in [-0.39, 0.29) is 29.2 Å². The maximum Gasteiger partial charge on any atom is 0.328 e. The third-order valence-electron chi connectivity index (χ3n) is 6.52. The Morgan fingerprint density at radius 1 is 1.02 bits per heavy atom. The lowest BCUT2D eigenvalue weighted by Gasteiger charge is -2.16. The van der Waals surface area contributed by atoms with Gasteiger partial charge in [-0.15, -0.1) is 0 Å². The molecule has 0 bridgehead atoms. The number of anilines is 1. The van der Waals surface area contributed by atoms with Crippen molar-refractivity contribution in [3.05, 3.63) is 87.3 Å². The van der Waals surface area contributed by atoms with E-state index < -0.39 is 34.0 Å². The second-order valence-corrected chi connectivity index (χ2v) is 11.1. The summed E-state index contributed by atoms with van der Waals surface area (Å²) in [5.41, 5.74) is 8.78. The zero-order valence-corrected chi connectivity index (χ0v) is 25.1. The lowest BCUT2D eigenvalue weighted by molar-refractivity contribution is -0.144. The van der Waals surface area contributed by atoms with Crippen molar-refractivity contribution in [3.63, 3.8) is 0 Å². The molecule has 0 radical (unpaired) electrons. The van der Waals surface area contributed by atoms with Gasteiger partial charge in [0.2, 0.25) is 5.95 Å². The van der Waals surface area contributed by atoms with Crippen LogP contribution in [0.4, 0.5) is 5.95 Å². The highest BCUT2D eigenvalue weighted by Gasteiger charge is 2.23. The Morgan fingerprint density at radius 3 is 2.27 bits per heavy atom. The third kappa shape index (κ3) is 9.24.